The van der Waals surface area contributed by atoms with E-state index in [1.54, 1.807) is 41.3 Å². The molecule has 3 aromatic rings. The number of nitrogens with one attached hydrogen (secondary N) is 1. The molecule has 0 unspecified atom stereocenters. The summed E-state index contributed by atoms with van der Waals surface area (Å²) >= 11 is 11.9. The summed E-state index contributed by atoms with van der Waals surface area (Å²) in [6.07, 6.45) is 1.64. The monoisotopic (exact) mass is 402 g/mol. The summed E-state index contributed by atoms with van der Waals surface area (Å²) in [5.41, 5.74) is 1.45. The minimum atomic E-state index is -0.252. The van der Waals surface area contributed by atoms with E-state index in [4.69, 9.17) is 27.7 Å². The van der Waals surface area contributed by atoms with Gasteiger partial charge in [-0.2, -0.15) is 4.98 Å². The van der Waals surface area contributed by atoms with Crippen LogP contribution in [0.15, 0.2) is 53.1 Å². The van der Waals surface area contributed by atoms with E-state index < -0.39 is 0 Å². The molecule has 1 fully saturated rings. The number of nitrogens with zero attached hydrogens (tertiary/aromatic N) is 3. The maximum Gasteiger partial charge on any atom is 0.322 e. The Bertz CT molecular complexity index is 958. The summed E-state index contributed by atoms with van der Waals surface area (Å²) in [5.74, 6) is 0.881. The number of halogens is 2. The van der Waals surface area contributed by atoms with Crippen molar-refractivity contribution in [1.29, 1.82) is 0 Å². The van der Waals surface area contributed by atoms with Gasteiger partial charge in [0.2, 0.25) is 11.7 Å². The summed E-state index contributed by atoms with van der Waals surface area (Å²) in [6, 6.07) is 13.8. The van der Waals surface area contributed by atoms with Crippen molar-refractivity contribution in [3.05, 3.63) is 64.5 Å². The molecule has 2 heterocycles. The lowest BCUT2D eigenvalue weighted by atomic mass is 10.2. The zero-order chi connectivity index (χ0) is 18.8. The van der Waals surface area contributed by atoms with Gasteiger partial charge in [0.1, 0.15) is 6.04 Å². The first kappa shape index (κ1) is 17.8. The van der Waals surface area contributed by atoms with E-state index in [2.05, 4.69) is 15.5 Å². The minimum Gasteiger partial charge on any atom is -0.337 e. The zero-order valence-corrected chi connectivity index (χ0v) is 15.7. The molecule has 6 nitrogen and oxygen atoms in total. The highest BCUT2D eigenvalue weighted by molar-refractivity contribution is 6.31. The molecule has 138 valence electrons. The molecule has 2 amide bonds. The van der Waals surface area contributed by atoms with Gasteiger partial charge in [-0.05, 0) is 49.2 Å². The van der Waals surface area contributed by atoms with Crippen LogP contribution >= 0.6 is 23.2 Å². The second kappa shape index (κ2) is 7.58. The number of likely N-dealkylation sites (tertiary alicyclic amines) is 1. The number of hydrogen-bond acceptors (Lipinski definition) is 4. The largest absolute Gasteiger partial charge is 0.337 e. The molecule has 8 heteroatoms. The van der Waals surface area contributed by atoms with Crippen LogP contribution in [-0.2, 0) is 0 Å². The van der Waals surface area contributed by atoms with Gasteiger partial charge in [0.15, 0.2) is 0 Å². The van der Waals surface area contributed by atoms with E-state index in [1.165, 1.54) is 0 Å². The van der Waals surface area contributed by atoms with Gasteiger partial charge in [-0.1, -0.05) is 40.5 Å². The minimum absolute atomic E-state index is 0.206. The van der Waals surface area contributed by atoms with Gasteiger partial charge in [0, 0.05) is 27.8 Å². The van der Waals surface area contributed by atoms with Crippen LogP contribution in [-0.4, -0.2) is 27.6 Å². The normalized spacial score (nSPS) is 16.5. The highest BCUT2D eigenvalue weighted by atomic mass is 35.5. The van der Waals surface area contributed by atoms with Crippen molar-refractivity contribution in [2.45, 2.75) is 18.9 Å². The Balaban J connectivity index is 1.51. The summed E-state index contributed by atoms with van der Waals surface area (Å²) < 4.78 is 5.45. The third-order valence-corrected chi connectivity index (χ3v) is 4.91. The molecule has 1 atom stereocenters. The van der Waals surface area contributed by atoms with E-state index in [0.717, 1.165) is 18.4 Å². The first-order chi connectivity index (χ1) is 13.1. The fourth-order valence-electron chi connectivity index (χ4n) is 3.11. The van der Waals surface area contributed by atoms with E-state index in [-0.39, 0.29) is 12.1 Å². The van der Waals surface area contributed by atoms with Crippen molar-refractivity contribution in [2.75, 3.05) is 11.9 Å². The van der Waals surface area contributed by atoms with Crippen LogP contribution in [0.2, 0.25) is 10.0 Å². The van der Waals surface area contributed by atoms with E-state index in [0.29, 0.717) is 34.0 Å². The molecule has 0 spiro atoms. The molecule has 1 aliphatic heterocycles. The first-order valence-electron chi connectivity index (χ1n) is 8.53. The number of anilines is 1. The van der Waals surface area contributed by atoms with Crippen LogP contribution in [0.3, 0.4) is 0 Å². The van der Waals surface area contributed by atoms with Gasteiger partial charge in [-0.15, -0.1) is 0 Å². The molecule has 0 bridgehead atoms. The molecule has 2 aromatic carbocycles. The number of rotatable bonds is 3. The number of carbonyl (C=O) groups is 1. The van der Waals surface area contributed by atoms with Crippen molar-refractivity contribution in [1.82, 2.24) is 15.0 Å². The molecule has 0 saturated carbocycles. The van der Waals surface area contributed by atoms with Crippen molar-refractivity contribution in [2.24, 2.45) is 0 Å². The Kier molecular flexibility index (Phi) is 5.01. The van der Waals surface area contributed by atoms with Gasteiger partial charge in [-0.25, -0.2) is 4.79 Å². The molecule has 1 aliphatic rings. The van der Waals surface area contributed by atoms with Gasteiger partial charge in [0.05, 0.1) is 0 Å². The molecule has 1 saturated heterocycles. The number of urea groups is 1. The van der Waals surface area contributed by atoms with Gasteiger partial charge >= 0.3 is 6.03 Å². The van der Waals surface area contributed by atoms with Gasteiger partial charge in [0.25, 0.3) is 0 Å². The maximum absolute atomic E-state index is 12.7. The SMILES string of the molecule is O=C(Nc1ccc(Cl)cc1)N1CCC[C@H]1c1nc(-c2cccc(Cl)c2)no1. The zero-order valence-electron chi connectivity index (χ0n) is 14.2. The quantitative estimate of drug-likeness (QED) is 0.635. The molecular formula is C19H16Cl2N4O2. The predicted molar refractivity (Wildman–Crippen MR) is 104 cm³/mol. The molecular weight excluding hydrogens is 387 g/mol. The Morgan fingerprint density at radius 3 is 2.74 bits per heavy atom. The van der Waals surface area contributed by atoms with Crippen molar-refractivity contribution >= 4 is 34.9 Å². The number of benzene rings is 2. The van der Waals surface area contributed by atoms with Crippen LogP contribution in [0.25, 0.3) is 11.4 Å². The maximum atomic E-state index is 12.7. The Morgan fingerprint density at radius 1 is 1.15 bits per heavy atom. The standard InChI is InChI=1S/C19H16Cl2N4O2/c20-13-6-8-15(9-7-13)22-19(26)25-10-2-5-16(25)18-23-17(24-27-18)12-3-1-4-14(21)11-12/h1,3-4,6-9,11,16H,2,5,10H2,(H,22,26)/t16-/m0/s1. The summed E-state index contributed by atoms with van der Waals surface area (Å²) in [5, 5.41) is 8.14. The molecule has 27 heavy (non-hydrogen) atoms. The summed E-state index contributed by atoms with van der Waals surface area (Å²) in [7, 11) is 0. The van der Waals surface area contributed by atoms with Crippen LogP contribution < -0.4 is 5.32 Å². The Morgan fingerprint density at radius 2 is 1.96 bits per heavy atom. The number of amides is 2. The third-order valence-electron chi connectivity index (χ3n) is 4.42. The van der Waals surface area contributed by atoms with Crippen LogP contribution in [0.5, 0.6) is 0 Å². The van der Waals surface area contributed by atoms with E-state index in [1.807, 2.05) is 12.1 Å². The smallest absolute Gasteiger partial charge is 0.322 e. The average molecular weight is 403 g/mol. The summed E-state index contributed by atoms with van der Waals surface area (Å²) in [6.45, 7) is 0.624. The van der Waals surface area contributed by atoms with Crippen LogP contribution in [0.4, 0.5) is 10.5 Å². The van der Waals surface area contributed by atoms with E-state index >= 15 is 0 Å². The highest BCUT2D eigenvalue weighted by Gasteiger charge is 2.34. The van der Waals surface area contributed by atoms with Crippen molar-refractivity contribution in [3.63, 3.8) is 0 Å². The highest BCUT2D eigenvalue weighted by Crippen LogP contribution is 2.33. The van der Waals surface area contributed by atoms with Crippen LogP contribution in [0, 0.1) is 0 Å². The fraction of sp³-hybridized carbons (Fsp3) is 0.211. The second-order valence-electron chi connectivity index (χ2n) is 6.26. The molecule has 0 aliphatic carbocycles. The van der Waals surface area contributed by atoms with E-state index in [9.17, 15) is 4.79 Å². The Hall–Kier alpha value is -2.57. The second-order valence-corrected chi connectivity index (χ2v) is 7.13. The fourth-order valence-corrected chi connectivity index (χ4v) is 3.43. The lowest BCUT2D eigenvalue weighted by Crippen LogP contribution is -2.34. The summed E-state index contributed by atoms with van der Waals surface area (Å²) in [4.78, 5) is 18.9. The van der Waals surface area contributed by atoms with Gasteiger partial charge in [-0.3, -0.25) is 0 Å². The number of hydrogen-bond donors (Lipinski definition) is 1. The molecule has 4 rings (SSSR count). The van der Waals surface area contributed by atoms with Crippen molar-refractivity contribution < 1.29 is 9.32 Å². The topological polar surface area (TPSA) is 71.3 Å². The Labute approximate surface area is 166 Å². The third kappa shape index (κ3) is 3.91. The van der Waals surface area contributed by atoms with Crippen LogP contribution in [0.1, 0.15) is 24.8 Å². The number of carbonyl (C=O) groups excluding carboxylic acids is 1. The predicted octanol–water partition coefficient (Wildman–Crippen LogP) is 5.41. The molecule has 1 N–H and O–H groups in total. The number of aromatic nitrogens is 2. The van der Waals surface area contributed by atoms with Gasteiger partial charge < -0.3 is 14.7 Å². The average Bonchev–Trinajstić information content (AvgIpc) is 3.33. The molecule has 0 radical (unpaired) electrons. The first-order valence-corrected chi connectivity index (χ1v) is 9.28. The lowest BCUT2D eigenvalue weighted by Gasteiger charge is -2.22. The van der Waals surface area contributed by atoms with Crippen molar-refractivity contribution in [3.8, 4) is 11.4 Å². The lowest BCUT2D eigenvalue weighted by molar-refractivity contribution is 0.193. The molecule has 1 aromatic heterocycles.